The maximum atomic E-state index is 10.6. The Hall–Kier alpha value is -0.670. The Morgan fingerprint density at radius 3 is 2.69 bits per heavy atom. The number of benzene rings is 1. The predicted octanol–water partition coefficient (Wildman–Crippen LogP) is 2.53. The monoisotopic (exact) mass is 198 g/mol. The van der Waals surface area contributed by atoms with Crippen molar-refractivity contribution in [2.75, 3.05) is 0 Å². The number of hydrogen-bond acceptors (Lipinski definition) is 1. The molecule has 1 aromatic rings. The molecule has 1 atom stereocenters. The molecule has 1 aromatic carbocycles. The van der Waals surface area contributed by atoms with Crippen LogP contribution in [0.15, 0.2) is 24.3 Å². The molecule has 0 saturated carbocycles. The van der Waals surface area contributed by atoms with Gasteiger partial charge in [-0.25, -0.2) is 4.21 Å². The van der Waals surface area contributed by atoms with E-state index in [1.54, 1.807) is 0 Å². The van der Waals surface area contributed by atoms with Gasteiger partial charge in [0, 0.05) is 0 Å². The average Bonchev–Trinajstić information content (AvgIpc) is 2.03. The number of rotatable bonds is 3. The second-order valence-corrected chi connectivity index (χ2v) is 4.30. The molecule has 0 aliphatic rings. The minimum Gasteiger partial charge on any atom is -0.306 e. The zero-order valence-electron chi connectivity index (χ0n) is 7.86. The van der Waals surface area contributed by atoms with Gasteiger partial charge in [-0.15, -0.1) is 0 Å². The molecule has 0 heterocycles. The second-order valence-electron chi connectivity index (χ2n) is 3.37. The quantitative estimate of drug-likeness (QED) is 0.758. The van der Waals surface area contributed by atoms with Crippen LogP contribution in [0.5, 0.6) is 0 Å². The van der Waals surface area contributed by atoms with E-state index in [2.05, 4.69) is 13.8 Å². The molecule has 3 heteroatoms. The fourth-order valence-corrected chi connectivity index (χ4v) is 1.65. The van der Waals surface area contributed by atoms with E-state index in [0.29, 0.717) is 5.92 Å². The fraction of sp³-hybridized carbons (Fsp3) is 0.400. The topological polar surface area (TPSA) is 37.3 Å². The van der Waals surface area contributed by atoms with Gasteiger partial charge in [0.1, 0.15) is 0 Å². The van der Waals surface area contributed by atoms with Crippen molar-refractivity contribution in [3.05, 3.63) is 35.4 Å². The van der Waals surface area contributed by atoms with Crippen LogP contribution in [0.4, 0.5) is 0 Å². The molecule has 13 heavy (non-hydrogen) atoms. The smallest absolute Gasteiger partial charge is 0.157 e. The van der Waals surface area contributed by atoms with Crippen LogP contribution in [0.25, 0.3) is 0 Å². The lowest BCUT2D eigenvalue weighted by atomic mass is 10.0. The summed E-state index contributed by atoms with van der Waals surface area (Å²) in [6.07, 6.45) is 0. The van der Waals surface area contributed by atoms with E-state index >= 15 is 0 Å². The van der Waals surface area contributed by atoms with Gasteiger partial charge in [0.15, 0.2) is 11.1 Å². The van der Waals surface area contributed by atoms with Crippen LogP contribution in [0.1, 0.15) is 30.9 Å². The summed E-state index contributed by atoms with van der Waals surface area (Å²) in [5, 5.41) is 0. The Kier molecular flexibility index (Phi) is 3.63. The minimum atomic E-state index is -1.74. The largest absolute Gasteiger partial charge is 0.306 e. The molecule has 72 valence electrons. The normalized spacial score (nSPS) is 13.2. The molecule has 0 radical (unpaired) electrons. The molecule has 0 saturated heterocycles. The van der Waals surface area contributed by atoms with E-state index in [4.69, 9.17) is 4.55 Å². The first kappa shape index (κ1) is 10.4. The summed E-state index contributed by atoms with van der Waals surface area (Å²) >= 11 is -1.74. The lowest BCUT2D eigenvalue weighted by molar-refractivity contribution is 0.563. The summed E-state index contributed by atoms with van der Waals surface area (Å²) in [5.41, 5.74) is 2.13. The van der Waals surface area contributed by atoms with Crippen molar-refractivity contribution >= 4 is 11.1 Å². The van der Waals surface area contributed by atoms with Crippen molar-refractivity contribution in [1.82, 2.24) is 0 Å². The lowest BCUT2D eigenvalue weighted by Gasteiger charge is -2.06. The van der Waals surface area contributed by atoms with Gasteiger partial charge in [-0.2, -0.15) is 0 Å². The summed E-state index contributed by atoms with van der Waals surface area (Å²) in [4.78, 5) is 0. The fourth-order valence-electron chi connectivity index (χ4n) is 1.18. The molecule has 1 unspecified atom stereocenters. The second kappa shape index (κ2) is 4.53. The van der Waals surface area contributed by atoms with Crippen molar-refractivity contribution in [2.24, 2.45) is 0 Å². The first-order chi connectivity index (χ1) is 6.09. The van der Waals surface area contributed by atoms with Crippen molar-refractivity contribution in [2.45, 2.75) is 25.5 Å². The molecule has 0 aliphatic carbocycles. The zero-order valence-corrected chi connectivity index (χ0v) is 8.67. The summed E-state index contributed by atoms with van der Waals surface area (Å²) < 4.78 is 19.3. The summed E-state index contributed by atoms with van der Waals surface area (Å²) in [7, 11) is 0. The van der Waals surface area contributed by atoms with Gasteiger partial charge in [-0.3, -0.25) is 0 Å². The highest BCUT2D eigenvalue weighted by Crippen LogP contribution is 2.16. The van der Waals surface area contributed by atoms with Crippen LogP contribution in [0.2, 0.25) is 0 Å². The maximum Gasteiger partial charge on any atom is 0.157 e. The number of hydrogen-bond donors (Lipinski definition) is 1. The third-order valence-electron chi connectivity index (χ3n) is 1.91. The third-order valence-corrected chi connectivity index (χ3v) is 2.49. The highest BCUT2D eigenvalue weighted by atomic mass is 32.2. The van der Waals surface area contributed by atoms with Crippen LogP contribution in [-0.2, 0) is 16.8 Å². The van der Waals surface area contributed by atoms with E-state index in [-0.39, 0.29) is 5.75 Å². The first-order valence-corrected chi connectivity index (χ1v) is 5.53. The maximum absolute atomic E-state index is 10.6. The van der Waals surface area contributed by atoms with Crippen LogP contribution < -0.4 is 0 Å². The van der Waals surface area contributed by atoms with Crippen molar-refractivity contribution < 1.29 is 8.76 Å². The molecule has 0 spiro atoms. The highest BCUT2D eigenvalue weighted by molar-refractivity contribution is 7.78. The molecular weight excluding hydrogens is 184 g/mol. The van der Waals surface area contributed by atoms with Gasteiger partial charge in [0.2, 0.25) is 0 Å². The zero-order chi connectivity index (χ0) is 9.84. The Bertz CT molecular complexity index is 308. The van der Waals surface area contributed by atoms with Gasteiger partial charge >= 0.3 is 0 Å². The van der Waals surface area contributed by atoms with Gasteiger partial charge in [-0.05, 0) is 17.0 Å². The molecule has 2 nitrogen and oxygen atoms in total. The average molecular weight is 198 g/mol. The molecule has 0 amide bonds. The van der Waals surface area contributed by atoms with Crippen molar-refractivity contribution in [1.29, 1.82) is 0 Å². The van der Waals surface area contributed by atoms with Crippen LogP contribution >= 0.6 is 0 Å². The van der Waals surface area contributed by atoms with Crippen LogP contribution in [-0.4, -0.2) is 8.76 Å². The first-order valence-electron chi connectivity index (χ1n) is 4.26. The van der Waals surface area contributed by atoms with Crippen LogP contribution in [0.3, 0.4) is 0 Å². The molecule has 1 N–H and O–H groups in total. The molecule has 1 rings (SSSR count). The van der Waals surface area contributed by atoms with E-state index in [1.807, 2.05) is 24.3 Å². The SMILES string of the molecule is CC(C)c1cccc(CS(=O)O)c1. The highest BCUT2D eigenvalue weighted by Gasteiger charge is 2.01. The van der Waals surface area contributed by atoms with Gasteiger partial charge in [0.25, 0.3) is 0 Å². The lowest BCUT2D eigenvalue weighted by Crippen LogP contribution is -1.95. The van der Waals surface area contributed by atoms with Crippen molar-refractivity contribution in [3.8, 4) is 0 Å². The van der Waals surface area contributed by atoms with E-state index in [9.17, 15) is 4.21 Å². The molecule has 0 aliphatic heterocycles. The van der Waals surface area contributed by atoms with Gasteiger partial charge in [0.05, 0.1) is 5.75 Å². The third kappa shape index (κ3) is 3.28. The Morgan fingerprint density at radius 1 is 1.46 bits per heavy atom. The summed E-state index contributed by atoms with van der Waals surface area (Å²) in [6, 6.07) is 7.82. The van der Waals surface area contributed by atoms with Crippen molar-refractivity contribution in [3.63, 3.8) is 0 Å². The summed E-state index contributed by atoms with van der Waals surface area (Å²) in [6.45, 7) is 4.21. The predicted molar refractivity (Wildman–Crippen MR) is 55.0 cm³/mol. The van der Waals surface area contributed by atoms with E-state index in [1.165, 1.54) is 5.56 Å². The standard InChI is InChI=1S/C10H14O2S/c1-8(2)10-5-3-4-9(6-10)7-13(11)12/h3-6,8H,7H2,1-2H3,(H,11,12). The molecular formula is C10H14O2S. The Balaban J connectivity index is 2.85. The molecule has 0 bridgehead atoms. The van der Waals surface area contributed by atoms with E-state index < -0.39 is 11.1 Å². The molecule has 0 fully saturated rings. The minimum absolute atomic E-state index is 0.223. The Labute approximate surface area is 81.3 Å². The Morgan fingerprint density at radius 2 is 2.15 bits per heavy atom. The summed E-state index contributed by atoms with van der Waals surface area (Å²) in [5.74, 6) is 0.688. The molecule has 0 aromatic heterocycles. The van der Waals surface area contributed by atoms with E-state index in [0.717, 1.165) is 5.56 Å². The van der Waals surface area contributed by atoms with Gasteiger partial charge in [-0.1, -0.05) is 38.1 Å². The van der Waals surface area contributed by atoms with Crippen LogP contribution in [0, 0.1) is 0 Å². The van der Waals surface area contributed by atoms with Gasteiger partial charge < -0.3 is 4.55 Å².